The number of rotatable bonds is 2. The van der Waals surface area contributed by atoms with E-state index in [0.29, 0.717) is 6.42 Å². The summed E-state index contributed by atoms with van der Waals surface area (Å²) in [5.74, 6) is -2.09. The Morgan fingerprint density at radius 1 is 1.38 bits per heavy atom. The molecule has 0 unspecified atom stereocenters. The summed E-state index contributed by atoms with van der Waals surface area (Å²) in [6.45, 7) is -0.0116. The van der Waals surface area contributed by atoms with Crippen molar-refractivity contribution in [2.24, 2.45) is 0 Å². The monoisotopic (exact) mass is 118 g/mol. The molecule has 46 valence electrons. The Morgan fingerprint density at radius 2 is 1.88 bits per heavy atom. The van der Waals surface area contributed by atoms with E-state index < -0.39 is 11.8 Å². The molecule has 0 aliphatic carbocycles. The molecule has 2 fully saturated rings. The van der Waals surface area contributed by atoms with Gasteiger partial charge in [-0.25, -0.2) is 0 Å². The number of ether oxygens (including phenoxy) is 2. The Kier molecular flexibility index (Phi) is 0.546. The fraction of sp³-hybridized carbons (Fsp3) is 1.00. The van der Waals surface area contributed by atoms with Crippen molar-refractivity contribution in [3.63, 3.8) is 0 Å². The zero-order valence-electron chi connectivity index (χ0n) is 4.13. The maximum Gasteiger partial charge on any atom is 0.344 e. The largest absolute Gasteiger partial charge is 0.396 e. The van der Waals surface area contributed by atoms with E-state index in [1.807, 2.05) is 0 Å². The van der Waals surface area contributed by atoms with Crippen molar-refractivity contribution >= 4 is 0 Å². The van der Waals surface area contributed by atoms with Crippen LogP contribution in [0.2, 0.25) is 0 Å². The molecule has 0 aromatic carbocycles. The fourth-order valence-corrected chi connectivity index (χ4v) is 0.811. The van der Waals surface area contributed by atoms with Crippen molar-refractivity contribution < 1.29 is 19.7 Å². The number of epoxide rings is 2. The Balaban J connectivity index is 1.94. The van der Waals surface area contributed by atoms with E-state index in [4.69, 9.17) is 10.2 Å². The van der Waals surface area contributed by atoms with Crippen LogP contribution in [0.3, 0.4) is 0 Å². The van der Waals surface area contributed by atoms with Crippen molar-refractivity contribution in [2.45, 2.75) is 18.2 Å². The van der Waals surface area contributed by atoms with Crippen LogP contribution in [0.4, 0.5) is 0 Å². The molecule has 2 heterocycles. The highest BCUT2D eigenvalue weighted by atomic mass is 17.1. The van der Waals surface area contributed by atoms with Gasteiger partial charge in [-0.05, 0) is 0 Å². The maximum absolute atomic E-state index is 8.73. The van der Waals surface area contributed by atoms with E-state index in [1.54, 1.807) is 0 Å². The van der Waals surface area contributed by atoms with Crippen LogP contribution in [-0.4, -0.2) is 28.6 Å². The molecule has 2 N–H and O–H groups in total. The van der Waals surface area contributed by atoms with Crippen molar-refractivity contribution in [1.29, 1.82) is 0 Å². The third-order valence-corrected chi connectivity index (χ3v) is 1.45. The summed E-state index contributed by atoms with van der Waals surface area (Å²) < 4.78 is 9.19. The molecule has 4 heteroatoms. The molecule has 4 nitrogen and oxygen atoms in total. The lowest BCUT2D eigenvalue weighted by Gasteiger charge is -1.92. The number of aliphatic hydroxyl groups excluding tert-OH is 1. The first kappa shape index (κ1) is 4.69. The highest BCUT2D eigenvalue weighted by Gasteiger charge is 2.91. The lowest BCUT2D eigenvalue weighted by molar-refractivity contribution is -0.188. The zero-order valence-corrected chi connectivity index (χ0v) is 4.13. The Hall–Kier alpha value is -0.160. The molecule has 8 heavy (non-hydrogen) atoms. The third-order valence-electron chi connectivity index (χ3n) is 1.45. The molecule has 0 radical (unpaired) electrons. The molecule has 0 aromatic rings. The highest BCUT2D eigenvalue weighted by Crippen LogP contribution is 2.67. The van der Waals surface area contributed by atoms with Gasteiger partial charge in [-0.2, -0.15) is 0 Å². The summed E-state index contributed by atoms with van der Waals surface area (Å²) in [5.41, 5.74) is 0. The summed E-state index contributed by atoms with van der Waals surface area (Å²) >= 11 is 0. The second-order valence-corrected chi connectivity index (χ2v) is 2.01. The molecule has 0 atom stereocenters. The molecule has 0 aromatic heterocycles. The normalized spacial score (nSPS) is 57.8. The molecule has 0 spiro atoms. The predicted octanol–water partition coefficient (Wildman–Crippen LogP) is -1.23. The van der Waals surface area contributed by atoms with Crippen LogP contribution in [0, 0.1) is 0 Å². The van der Waals surface area contributed by atoms with E-state index in [9.17, 15) is 0 Å². The SMILES string of the molecule is OCCC12OC1(O)O2. The van der Waals surface area contributed by atoms with Gasteiger partial charge in [0, 0.05) is 13.0 Å². The zero-order chi connectivity index (χ0) is 5.83. The lowest BCUT2D eigenvalue weighted by atomic mass is 10.3. The van der Waals surface area contributed by atoms with Crippen LogP contribution in [0.1, 0.15) is 6.42 Å². The average Bonchev–Trinajstić information content (AvgIpc) is 2.25. The molecular weight excluding hydrogens is 112 g/mol. The molecule has 2 aliphatic rings. The second kappa shape index (κ2) is 0.930. The molecule has 2 saturated heterocycles. The maximum atomic E-state index is 8.73. The van der Waals surface area contributed by atoms with E-state index in [0.717, 1.165) is 0 Å². The Labute approximate surface area is 45.6 Å². The summed E-state index contributed by atoms with van der Waals surface area (Å²) in [6.07, 6.45) is 0.365. The first-order valence-electron chi connectivity index (χ1n) is 2.46. The lowest BCUT2D eigenvalue weighted by Crippen LogP contribution is -2.00. The van der Waals surface area contributed by atoms with Crippen LogP contribution >= 0.6 is 0 Å². The molecule has 0 saturated carbocycles. The van der Waals surface area contributed by atoms with Crippen molar-refractivity contribution in [2.75, 3.05) is 6.61 Å². The van der Waals surface area contributed by atoms with E-state index in [1.165, 1.54) is 0 Å². The van der Waals surface area contributed by atoms with Gasteiger partial charge in [0.25, 0.3) is 5.79 Å². The minimum Gasteiger partial charge on any atom is -0.396 e. The molecule has 0 bridgehead atoms. The van der Waals surface area contributed by atoms with E-state index in [-0.39, 0.29) is 6.61 Å². The smallest absolute Gasteiger partial charge is 0.344 e. The number of aliphatic hydroxyl groups is 2. The molecule has 0 amide bonds. The van der Waals surface area contributed by atoms with Gasteiger partial charge in [0.15, 0.2) is 0 Å². The first-order chi connectivity index (χ1) is 3.72. The quantitative estimate of drug-likeness (QED) is 0.445. The summed E-state index contributed by atoms with van der Waals surface area (Å²) in [5, 5.41) is 17.0. The summed E-state index contributed by atoms with van der Waals surface area (Å²) in [6, 6.07) is 0. The van der Waals surface area contributed by atoms with Gasteiger partial charge in [-0.15, -0.1) is 0 Å². The van der Waals surface area contributed by atoms with Crippen molar-refractivity contribution in [1.82, 2.24) is 0 Å². The Bertz CT molecular complexity index is 126. The van der Waals surface area contributed by atoms with E-state index >= 15 is 0 Å². The van der Waals surface area contributed by atoms with Crippen molar-refractivity contribution in [3.05, 3.63) is 0 Å². The fourth-order valence-electron chi connectivity index (χ4n) is 0.811. The van der Waals surface area contributed by atoms with Crippen LogP contribution in [-0.2, 0) is 9.47 Å². The second-order valence-electron chi connectivity index (χ2n) is 2.01. The predicted molar refractivity (Wildman–Crippen MR) is 21.6 cm³/mol. The highest BCUT2D eigenvalue weighted by molar-refractivity contribution is 5.09. The van der Waals surface area contributed by atoms with Crippen molar-refractivity contribution in [3.8, 4) is 0 Å². The van der Waals surface area contributed by atoms with Crippen LogP contribution < -0.4 is 0 Å². The van der Waals surface area contributed by atoms with Gasteiger partial charge in [0.05, 0.1) is 0 Å². The van der Waals surface area contributed by atoms with E-state index in [2.05, 4.69) is 9.47 Å². The minimum absolute atomic E-state index is 0.0116. The molecule has 2 aliphatic heterocycles. The minimum atomic E-state index is -1.30. The number of fused-ring (bicyclic) bond motifs is 1. The van der Waals surface area contributed by atoms with Crippen LogP contribution in [0.25, 0.3) is 0 Å². The van der Waals surface area contributed by atoms with Gasteiger partial charge >= 0.3 is 5.97 Å². The van der Waals surface area contributed by atoms with Gasteiger partial charge in [0.1, 0.15) is 0 Å². The van der Waals surface area contributed by atoms with Crippen LogP contribution in [0.5, 0.6) is 0 Å². The number of hydrogen-bond acceptors (Lipinski definition) is 4. The van der Waals surface area contributed by atoms with Gasteiger partial charge in [-0.3, -0.25) is 9.47 Å². The standard InChI is InChI=1S/C4H6O4/c5-2-1-3-4(6,7-3)8-3/h5-6H,1-2H2. The summed E-state index contributed by atoms with van der Waals surface area (Å²) in [7, 11) is 0. The molecule has 2 rings (SSSR count). The Morgan fingerprint density at radius 3 is 2.00 bits per heavy atom. The number of hydrogen-bond donors (Lipinski definition) is 2. The summed E-state index contributed by atoms with van der Waals surface area (Å²) in [4.78, 5) is 0. The van der Waals surface area contributed by atoms with Gasteiger partial charge < -0.3 is 10.2 Å². The molecular formula is C4H6O4. The van der Waals surface area contributed by atoms with Gasteiger partial charge in [0.2, 0.25) is 0 Å². The van der Waals surface area contributed by atoms with Crippen LogP contribution in [0.15, 0.2) is 0 Å². The third kappa shape index (κ3) is 0.315. The topological polar surface area (TPSA) is 65.5 Å². The van der Waals surface area contributed by atoms with Gasteiger partial charge in [-0.1, -0.05) is 0 Å². The average molecular weight is 118 g/mol. The first-order valence-corrected chi connectivity index (χ1v) is 2.46.